The van der Waals surface area contributed by atoms with Crippen molar-refractivity contribution in [3.05, 3.63) is 35.8 Å². The topological polar surface area (TPSA) is 79.2 Å². The van der Waals surface area contributed by atoms with Crippen LogP contribution in [0.4, 0.5) is 5.69 Å². The summed E-state index contributed by atoms with van der Waals surface area (Å²) in [5.41, 5.74) is 4.10. The second-order valence-electron chi connectivity index (χ2n) is 7.57. The number of carbonyl (C=O) groups excluding carboxylic acids is 1. The van der Waals surface area contributed by atoms with E-state index in [0.717, 1.165) is 48.5 Å². The molecule has 2 heterocycles. The maximum atomic E-state index is 13.3. The van der Waals surface area contributed by atoms with Crippen LogP contribution in [0.25, 0.3) is 22.3 Å². The summed E-state index contributed by atoms with van der Waals surface area (Å²) in [5.74, 6) is -0.0966. The molecule has 1 aliphatic rings. The number of likely N-dealkylation sites (N-methyl/N-ethyl adjacent to an activating group) is 2. The van der Waals surface area contributed by atoms with Gasteiger partial charge in [-0.25, -0.2) is 4.98 Å². The Morgan fingerprint density at radius 1 is 0.964 bits per heavy atom. The zero-order chi connectivity index (χ0) is 19.8. The highest BCUT2D eigenvalue weighted by molar-refractivity contribution is 6.26. The van der Waals surface area contributed by atoms with Gasteiger partial charge >= 0.3 is 0 Å². The lowest BCUT2D eigenvalue weighted by atomic mass is 9.92. The van der Waals surface area contributed by atoms with E-state index in [-0.39, 0.29) is 5.78 Å². The number of nitrogens with one attached hydrogen (secondary N) is 1. The molecule has 3 aromatic rings. The first-order chi connectivity index (χ1) is 13.5. The lowest BCUT2D eigenvalue weighted by Gasteiger charge is -2.18. The molecule has 0 amide bonds. The average Bonchev–Trinajstić information content (AvgIpc) is 3.04. The molecule has 0 atom stereocenters. The van der Waals surface area contributed by atoms with Gasteiger partial charge in [0, 0.05) is 43.1 Å². The van der Waals surface area contributed by atoms with Crippen LogP contribution < -0.4 is 5.32 Å². The molecule has 28 heavy (non-hydrogen) atoms. The van der Waals surface area contributed by atoms with Gasteiger partial charge in [0.25, 0.3) is 0 Å². The van der Waals surface area contributed by atoms with Crippen molar-refractivity contribution in [2.45, 2.75) is 6.54 Å². The van der Waals surface area contributed by atoms with Crippen LogP contribution in [0, 0.1) is 0 Å². The maximum Gasteiger partial charge on any atom is 0.216 e. The first kappa shape index (κ1) is 18.5. The van der Waals surface area contributed by atoms with Crippen LogP contribution in [0.2, 0.25) is 0 Å². The summed E-state index contributed by atoms with van der Waals surface area (Å²) in [6, 6.07) is 4.02. The Kier molecular flexibility index (Phi) is 4.82. The number of hydrogen-bond acceptors (Lipinski definition) is 7. The van der Waals surface area contributed by atoms with Crippen LogP contribution in [0.15, 0.2) is 24.5 Å². The monoisotopic (exact) mass is 379 g/mol. The second-order valence-corrected chi connectivity index (χ2v) is 7.57. The predicted molar refractivity (Wildman–Crippen MR) is 110 cm³/mol. The van der Waals surface area contributed by atoms with E-state index in [4.69, 9.17) is 5.10 Å². The Morgan fingerprint density at radius 2 is 1.68 bits per heavy atom. The molecule has 0 fully saturated rings. The standard InChI is InChI=1S/C20H25N7O/c1-25(2)10-9-21-13-5-6-14-16-15(13)20(28)19-18(22-7-8-23-19)17(16)24-27(14)12-11-26(3)4/h5-8,21H,9-12H2,1-4H3. The van der Waals surface area contributed by atoms with E-state index in [1.54, 1.807) is 12.4 Å². The number of anilines is 1. The third-order valence-corrected chi connectivity index (χ3v) is 4.92. The summed E-state index contributed by atoms with van der Waals surface area (Å²) in [4.78, 5) is 26.2. The Bertz CT molecular complexity index is 1040. The maximum absolute atomic E-state index is 13.3. The summed E-state index contributed by atoms with van der Waals surface area (Å²) in [6.07, 6.45) is 3.17. The quantitative estimate of drug-likeness (QED) is 0.522. The first-order valence-electron chi connectivity index (χ1n) is 9.40. The zero-order valence-electron chi connectivity index (χ0n) is 16.7. The van der Waals surface area contributed by atoms with Gasteiger partial charge in [-0.15, -0.1) is 0 Å². The van der Waals surface area contributed by atoms with Gasteiger partial charge in [0.15, 0.2) is 0 Å². The fraction of sp³-hybridized carbons (Fsp3) is 0.400. The Morgan fingerprint density at radius 3 is 2.39 bits per heavy atom. The molecule has 0 bridgehead atoms. The number of carbonyl (C=O) groups is 1. The molecule has 1 aromatic carbocycles. The van der Waals surface area contributed by atoms with Crippen LogP contribution in [-0.4, -0.2) is 83.2 Å². The molecule has 4 rings (SSSR count). The molecule has 0 saturated carbocycles. The number of ketones is 1. The Hall–Kier alpha value is -2.84. The van der Waals surface area contributed by atoms with Gasteiger partial charge in [0.2, 0.25) is 5.78 Å². The lowest BCUT2D eigenvalue weighted by Crippen LogP contribution is -2.22. The lowest BCUT2D eigenvalue weighted by molar-refractivity contribution is 0.103. The summed E-state index contributed by atoms with van der Waals surface area (Å²) >= 11 is 0. The second kappa shape index (κ2) is 7.29. The van der Waals surface area contributed by atoms with Gasteiger partial charge in [-0.05, 0) is 40.3 Å². The van der Waals surface area contributed by atoms with Crippen molar-refractivity contribution >= 4 is 22.4 Å². The summed E-state index contributed by atoms with van der Waals surface area (Å²) in [7, 11) is 8.12. The molecule has 0 spiro atoms. The smallest absolute Gasteiger partial charge is 0.216 e. The van der Waals surface area contributed by atoms with Gasteiger partial charge in [-0.3, -0.25) is 14.5 Å². The average molecular weight is 379 g/mol. The van der Waals surface area contributed by atoms with Crippen molar-refractivity contribution in [2.24, 2.45) is 0 Å². The van der Waals surface area contributed by atoms with E-state index < -0.39 is 0 Å². The minimum Gasteiger partial charge on any atom is -0.383 e. The van der Waals surface area contributed by atoms with Crippen molar-refractivity contribution in [1.82, 2.24) is 29.5 Å². The third kappa shape index (κ3) is 3.14. The molecule has 0 aliphatic heterocycles. The third-order valence-electron chi connectivity index (χ3n) is 4.92. The molecular weight excluding hydrogens is 354 g/mol. The van der Waals surface area contributed by atoms with Gasteiger partial charge in [0.1, 0.15) is 17.1 Å². The number of fused-ring (bicyclic) bond motifs is 2. The minimum atomic E-state index is -0.0966. The highest BCUT2D eigenvalue weighted by Crippen LogP contribution is 2.40. The fourth-order valence-electron chi connectivity index (χ4n) is 3.50. The van der Waals surface area contributed by atoms with E-state index in [1.165, 1.54) is 0 Å². The summed E-state index contributed by atoms with van der Waals surface area (Å²) in [6.45, 7) is 3.21. The van der Waals surface area contributed by atoms with Crippen LogP contribution >= 0.6 is 0 Å². The minimum absolute atomic E-state index is 0.0966. The molecule has 0 unspecified atom stereocenters. The molecule has 0 radical (unpaired) electrons. The zero-order valence-corrected chi connectivity index (χ0v) is 16.7. The Labute approximate surface area is 164 Å². The molecule has 0 saturated heterocycles. The van der Waals surface area contributed by atoms with Crippen LogP contribution in [0.1, 0.15) is 16.1 Å². The highest BCUT2D eigenvalue weighted by Gasteiger charge is 2.33. The molecule has 2 aromatic heterocycles. The van der Waals surface area contributed by atoms with Crippen molar-refractivity contribution in [3.8, 4) is 11.4 Å². The molecule has 1 N–H and O–H groups in total. The molecule has 1 aliphatic carbocycles. The van der Waals surface area contributed by atoms with Crippen LogP contribution in [0.5, 0.6) is 0 Å². The Balaban J connectivity index is 1.87. The highest BCUT2D eigenvalue weighted by atomic mass is 16.1. The van der Waals surface area contributed by atoms with Gasteiger partial charge in [-0.2, -0.15) is 5.10 Å². The summed E-state index contributed by atoms with van der Waals surface area (Å²) < 4.78 is 1.97. The number of rotatable bonds is 7. The number of benzene rings is 1. The van der Waals surface area contributed by atoms with E-state index >= 15 is 0 Å². The summed E-state index contributed by atoms with van der Waals surface area (Å²) in [5, 5.41) is 9.10. The van der Waals surface area contributed by atoms with Gasteiger partial charge in [0.05, 0.1) is 17.6 Å². The number of aromatic nitrogens is 4. The normalized spacial score (nSPS) is 12.9. The fourth-order valence-corrected chi connectivity index (χ4v) is 3.50. The van der Waals surface area contributed by atoms with Gasteiger partial charge < -0.3 is 15.1 Å². The van der Waals surface area contributed by atoms with E-state index in [9.17, 15) is 4.79 Å². The molecule has 146 valence electrons. The van der Waals surface area contributed by atoms with Crippen molar-refractivity contribution in [3.63, 3.8) is 0 Å². The van der Waals surface area contributed by atoms with Crippen LogP contribution in [0.3, 0.4) is 0 Å². The molecule has 8 nitrogen and oxygen atoms in total. The number of nitrogens with zero attached hydrogens (tertiary/aromatic N) is 6. The number of hydrogen-bond donors (Lipinski definition) is 1. The first-order valence-corrected chi connectivity index (χ1v) is 9.40. The largest absolute Gasteiger partial charge is 0.383 e. The SMILES string of the molecule is CN(C)CCNc1ccc2c3c(nn2CCN(C)C)-c2nccnc2C(=O)c13. The van der Waals surface area contributed by atoms with Crippen molar-refractivity contribution in [2.75, 3.05) is 53.1 Å². The van der Waals surface area contributed by atoms with E-state index in [2.05, 4.69) is 25.1 Å². The van der Waals surface area contributed by atoms with Crippen LogP contribution in [-0.2, 0) is 6.54 Å². The predicted octanol–water partition coefficient (Wildman–Crippen LogP) is 1.57. The van der Waals surface area contributed by atoms with Crippen molar-refractivity contribution < 1.29 is 4.79 Å². The van der Waals surface area contributed by atoms with Crippen molar-refractivity contribution in [1.29, 1.82) is 0 Å². The molecular formula is C20H25N7O. The van der Waals surface area contributed by atoms with Gasteiger partial charge in [-0.1, -0.05) is 0 Å². The molecule has 8 heteroatoms. The van der Waals surface area contributed by atoms with E-state index in [0.29, 0.717) is 17.0 Å². The van der Waals surface area contributed by atoms with E-state index in [1.807, 2.05) is 45.0 Å².